The Morgan fingerprint density at radius 1 is 1.50 bits per heavy atom. The normalized spacial score (nSPS) is 9.57. The zero-order chi connectivity index (χ0) is 10.6. The molecule has 0 saturated heterocycles. The lowest BCUT2D eigenvalue weighted by molar-refractivity contribution is 0.0526. The molecule has 0 radical (unpaired) electrons. The van der Waals surface area contributed by atoms with Crippen molar-refractivity contribution in [1.82, 2.24) is 0 Å². The zero-order valence-corrected chi connectivity index (χ0v) is 7.91. The second-order valence-corrected chi connectivity index (χ2v) is 2.71. The Bertz CT molecular complexity index is 339. The van der Waals surface area contributed by atoms with Gasteiger partial charge in [0.25, 0.3) is 0 Å². The Kier molecular flexibility index (Phi) is 3.30. The van der Waals surface area contributed by atoms with Gasteiger partial charge in [0.15, 0.2) is 0 Å². The van der Waals surface area contributed by atoms with E-state index in [1.165, 1.54) is 0 Å². The first-order valence-electron chi connectivity index (χ1n) is 4.21. The van der Waals surface area contributed by atoms with Crippen LogP contribution in [0.1, 0.15) is 17.3 Å². The molecule has 0 aromatic heterocycles. The first-order chi connectivity index (χ1) is 6.67. The lowest BCUT2D eigenvalue weighted by Gasteiger charge is -2.06. The van der Waals surface area contributed by atoms with E-state index in [2.05, 4.69) is 5.43 Å². The fourth-order valence-electron chi connectivity index (χ4n) is 1.07. The third-order valence-corrected chi connectivity index (χ3v) is 1.63. The standard InChI is InChI=1S/C9H13N3O2/c1-2-14-9(13)6-3-7(10)5-8(4-6)12-11/h3-5,12H,2,10-11H2,1H3. The molecule has 1 aromatic rings. The molecule has 1 aromatic carbocycles. The van der Waals surface area contributed by atoms with Crippen molar-refractivity contribution in [3.63, 3.8) is 0 Å². The van der Waals surface area contributed by atoms with Gasteiger partial charge in [0.05, 0.1) is 17.9 Å². The van der Waals surface area contributed by atoms with Crippen LogP contribution in [-0.2, 0) is 4.74 Å². The van der Waals surface area contributed by atoms with Crippen LogP contribution < -0.4 is 17.0 Å². The second-order valence-electron chi connectivity index (χ2n) is 2.71. The van der Waals surface area contributed by atoms with Crippen LogP contribution in [0.15, 0.2) is 18.2 Å². The zero-order valence-electron chi connectivity index (χ0n) is 7.91. The molecule has 76 valence electrons. The number of benzene rings is 1. The van der Waals surface area contributed by atoms with E-state index < -0.39 is 5.97 Å². The monoisotopic (exact) mass is 195 g/mol. The van der Waals surface area contributed by atoms with Gasteiger partial charge in [-0.1, -0.05) is 0 Å². The fourth-order valence-corrected chi connectivity index (χ4v) is 1.07. The van der Waals surface area contributed by atoms with Gasteiger partial charge in [-0.3, -0.25) is 5.84 Å². The van der Waals surface area contributed by atoms with Gasteiger partial charge in [0, 0.05) is 5.69 Å². The molecule has 14 heavy (non-hydrogen) atoms. The largest absolute Gasteiger partial charge is 0.462 e. The summed E-state index contributed by atoms with van der Waals surface area (Å²) in [5.74, 6) is 4.80. The van der Waals surface area contributed by atoms with E-state index in [0.717, 1.165) is 0 Å². The number of rotatable bonds is 3. The number of nitrogens with two attached hydrogens (primary N) is 2. The summed E-state index contributed by atoms with van der Waals surface area (Å²) in [4.78, 5) is 11.3. The third kappa shape index (κ3) is 2.37. The molecule has 0 heterocycles. The number of anilines is 2. The van der Waals surface area contributed by atoms with Gasteiger partial charge in [-0.05, 0) is 25.1 Å². The lowest BCUT2D eigenvalue weighted by atomic mass is 10.2. The molecule has 5 heteroatoms. The Balaban J connectivity index is 2.96. The SMILES string of the molecule is CCOC(=O)c1cc(N)cc(NN)c1. The Morgan fingerprint density at radius 2 is 2.21 bits per heavy atom. The number of hydrazine groups is 1. The van der Waals surface area contributed by atoms with E-state index >= 15 is 0 Å². The Labute approximate surface area is 82.0 Å². The molecule has 0 bridgehead atoms. The maximum atomic E-state index is 11.3. The minimum absolute atomic E-state index is 0.332. The molecule has 0 aliphatic heterocycles. The number of nitrogens with one attached hydrogen (secondary N) is 1. The second kappa shape index (κ2) is 4.48. The van der Waals surface area contributed by atoms with Crippen molar-refractivity contribution in [3.8, 4) is 0 Å². The molecule has 0 aliphatic rings. The van der Waals surface area contributed by atoms with Crippen molar-refractivity contribution < 1.29 is 9.53 Å². The van der Waals surface area contributed by atoms with Gasteiger partial charge in [-0.2, -0.15) is 0 Å². The quantitative estimate of drug-likeness (QED) is 0.286. The Hall–Kier alpha value is -1.75. The predicted molar refractivity (Wildman–Crippen MR) is 54.6 cm³/mol. The van der Waals surface area contributed by atoms with Crippen LogP contribution >= 0.6 is 0 Å². The molecule has 0 aliphatic carbocycles. The van der Waals surface area contributed by atoms with E-state index in [0.29, 0.717) is 23.5 Å². The van der Waals surface area contributed by atoms with Crippen LogP contribution in [0.3, 0.4) is 0 Å². The molecule has 0 spiro atoms. The summed E-state index contributed by atoms with van der Waals surface area (Å²) < 4.78 is 4.82. The summed E-state index contributed by atoms with van der Waals surface area (Å²) in [5, 5.41) is 0. The van der Waals surface area contributed by atoms with Crippen molar-refractivity contribution in [2.24, 2.45) is 5.84 Å². The number of carbonyl (C=O) groups is 1. The topological polar surface area (TPSA) is 90.4 Å². The molecule has 5 nitrogen and oxygen atoms in total. The summed E-state index contributed by atoms with van der Waals surface area (Å²) in [5.41, 5.74) is 9.41. The highest BCUT2D eigenvalue weighted by molar-refractivity contribution is 5.91. The number of carbonyl (C=O) groups excluding carboxylic acids is 1. The molecular formula is C9H13N3O2. The van der Waals surface area contributed by atoms with Crippen molar-refractivity contribution in [2.75, 3.05) is 17.8 Å². The minimum Gasteiger partial charge on any atom is -0.462 e. The molecule has 0 unspecified atom stereocenters. The van der Waals surface area contributed by atoms with E-state index in [9.17, 15) is 4.79 Å². The van der Waals surface area contributed by atoms with Crippen molar-refractivity contribution in [2.45, 2.75) is 6.92 Å². The minimum atomic E-state index is -0.406. The Morgan fingerprint density at radius 3 is 2.79 bits per heavy atom. The van der Waals surface area contributed by atoms with Crippen molar-refractivity contribution >= 4 is 17.3 Å². The van der Waals surface area contributed by atoms with E-state index in [4.69, 9.17) is 16.3 Å². The smallest absolute Gasteiger partial charge is 0.338 e. The highest BCUT2D eigenvalue weighted by atomic mass is 16.5. The fraction of sp³-hybridized carbons (Fsp3) is 0.222. The van der Waals surface area contributed by atoms with Crippen LogP contribution in [-0.4, -0.2) is 12.6 Å². The summed E-state index contributed by atoms with van der Waals surface area (Å²) in [6.07, 6.45) is 0. The van der Waals surface area contributed by atoms with Crippen LogP contribution in [0.5, 0.6) is 0 Å². The van der Waals surface area contributed by atoms with Gasteiger partial charge in [-0.25, -0.2) is 4.79 Å². The average Bonchev–Trinajstić information content (AvgIpc) is 2.17. The van der Waals surface area contributed by atoms with E-state index in [1.54, 1.807) is 25.1 Å². The van der Waals surface area contributed by atoms with Crippen LogP contribution in [0.25, 0.3) is 0 Å². The maximum Gasteiger partial charge on any atom is 0.338 e. The van der Waals surface area contributed by atoms with Gasteiger partial charge in [-0.15, -0.1) is 0 Å². The average molecular weight is 195 g/mol. The first-order valence-corrected chi connectivity index (χ1v) is 4.21. The number of hydrogen-bond acceptors (Lipinski definition) is 5. The highest BCUT2D eigenvalue weighted by Gasteiger charge is 2.07. The molecule has 0 amide bonds. The summed E-state index contributed by atoms with van der Waals surface area (Å²) in [7, 11) is 0. The lowest BCUT2D eigenvalue weighted by Crippen LogP contribution is -2.10. The number of nitrogen functional groups attached to an aromatic ring is 2. The van der Waals surface area contributed by atoms with Crippen molar-refractivity contribution in [3.05, 3.63) is 23.8 Å². The van der Waals surface area contributed by atoms with Gasteiger partial charge in [0.1, 0.15) is 0 Å². The van der Waals surface area contributed by atoms with Crippen molar-refractivity contribution in [1.29, 1.82) is 0 Å². The van der Waals surface area contributed by atoms with E-state index in [-0.39, 0.29) is 0 Å². The van der Waals surface area contributed by atoms with Crippen LogP contribution in [0, 0.1) is 0 Å². The number of hydrogen-bond donors (Lipinski definition) is 3. The maximum absolute atomic E-state index is 11.3. The number of ether oxygens (including phenoxy) is 1. The van der Waals surface area contributed by atoms with Gasteiger partial charge < -0.3 is 15.9 Å². The summed E-state index contributed by atoms with van der Waals surface area (Å²) in [6, 6.07) is 4.75. The van der Waals surface area contributed by atoms with E-state index in [1.807, 2.05) is 0 Å². The number of esters is 1. The van der Waals surface area contributed by atoms with Crippen LogP contribution in [0.2, 0.25) is 0 Å². The molecule has 5 N–H and O–H groups in total. The van der Waals surface area contributed by atoms with Gasteiger partial charge >= 0.3 is 5.97 Å². The third-order valence-electron chi connectivity index (χ3n) is 1.63. The molecule has 0 fully saturated rings. The first kappa shape index (κ1) is 10.3. The molecule has 0 atom stereocenters. The predicted octanol–water partition coefficient (Wildman–Crippen LogP) is 0.731. The molecule has 0 saturated carbocycles. The van der Waals surface area contributed by atoms with Crippen LogP contribution in [0.4, 0.5) is 11.4 Å². The van der Waals surface area contributed by atoms with Gasteiger partial charge in [0.2, 0.25) is 0 Å². The molecule has 1 rings (SSSR count). The highest BCUT2D eigenvalue weighted by Crippen LogP contribution is 2.16. The molecular weight excluding hydrogens is 182 g/mol. The summed E-state index contributed by atoms with van der Waals surface area (Å²) in [6.45, 7) is 2.07. The summed E-state index contributed by atoms with van der Waals surface area (Å²) >= 11 is 0.